The Labute approximate surface area is 107 Å². The van der Waals surface area contributed by atoms with Crippen molar-refractivity contribution in [2.24, 2.45) is 0 Å². The van der Waals surface area contributed by atoms with Crippen LogP contribution in [0.4, 0.5) is 0 Å². The lowest BCUT2D eigenvalue weighted by atomic mass is 10.1. The van der Waals surface area contributed by atoms with Gasteiger partial charge in [-0.15, -0.1) is 11.8 Å². The van der Waals surface area contributed by atoms with Gasteiger partial charge in [-0.1, -0.05) is 48.5 Å². The van der Waals surface area contributed by atoms with Gasteiger partial charge in [0.05, 0.1) is 6.61 Å². The van der Waals surface area contributed by atoms with Crippen molar-refractivity contribution in [1.82, 2.24) is 0 Å². The highest BCUT2D eigenvalue weighted by Crippen LogP contribution is 2.25. The van der Waals surface area contributed by atoms with Gasteiger partial charge in [0, 0.05) is 10.1 Å². The average molecular weight is 244 g/mol. The molecular formula is C15H16OS. The van der Waals surface area contributed by atoms with Crippen molar-refractivity contribution >= 4 is 11.8 Å². The fraction of sp³-hybridized carbons (Fsp3) is 0.200. The van der Waals surface area contributed by atoms with E-state index in [0.717, 1.165) is 6.42 Å². The SMILES string of the molecule is OCC(Cc1ccccc1)Sc1ccccc1. The summed E-state index contributed by atoms with van der Waals surface area (Å²) in [5, 5.41) is 9.65. The molecule has 0 aliphatic rings. The largest absolute Gasteiger partial charge is 0.395 e. The first-order valence-corrected chi connectivity index (χ1v) is 6.63. The fourth-order valence-corrected chi connectivity index (χ4v) is 2.76. The molecule has 0 aromatic heterocycles. The number of benzene rings is 2. The summed E-state index contributed by atoms with van der Waals surface area (Å²) >= 11 is 1.73. The van der Waals surface area contributed by atoms with E-state index in [9.17, 15) is 5.11 Å². The first kappa shape index (κ1) is 12.2. The van der Waals surface area contributed by atoms with Crippen LogP contribution in [0.3, 0.4) is 0 Å². The number of hydrogen-bond acceptors (Lipinski definition) is 2. The van der Waals surface area contributed by atoms with Gasteiger partial charge in [-0.3, -0.25) is 0 Å². The van der Waals surface area contributed by atoms with E-state index in [2.05, 4.69) is 24.3 Å². The standard InChI is InChI=1S/C15H16OS/c16-12-15(11-13-7-3-1-4-8-13)17-14-9-5-2-6-10-14/h1-10,15-16H,11-12H2. The van der Waals surface area contributed by atoms with Crippen LogP contribution in [0, 0.1) is 0 Å². The lowest BCUT2D eigenvalue weighted by Crippen LogP contribution is -2.11. The number of rotatable bonds is 5. The Balaban J connectivity index is 1.98. The second-order valence-electron chi connectivity index (χ2n) is 3.93. The van der Waals surface area contributed by atoms with Crippen LogP contribution in [0.25, 0.3) is 0 Å². The van der Waals surface area contributed by atoms with Crippen molar-refractivity contribution in [3.8, 4) is 0 Å². The quantitative estimate of drug-likeness (QED) is 0.814. The molecule has 17 heavy (non-hydrogen) atoms. The molecule has 1 nitrogen and oxygen atoms in total. The molecule has 0 amide bonds. The maximum atomic E-state index is 9.43. The molecule has 1 N–H and O–H groups in total. The molecule has 0 spiro atoms. The molecule has 0 bridgehead atoms. The molecule has 0 radical (unpaired) electrons. The summed E-state index contributed by atoms with van der Waals surface area (Å²) in [6.45, 7) is 0.203. The van der Waals surface area contributed by atoms with Crippen molar-refractivity contribution in [3.05, 3.63) is 66.2 Å². The zero-order valence-corrected chi connectivity index (χ0v) is 10.4. The maximum absolute atomic E-state index is 9.43. The number of aliphatic hydroxyl groups excluding tert-OH is 1. The van der Waals surface area contributed by atoms with Crippen LogP contribution in [0.15, 0.2) is 65.6 Å². The molecule has 0 saturated carbocycles. The molecule has 0 fully saturated rings. The van der Waals surface area contributed by atoms with Crippen molar-refractivity contribution in [2.75, 3.05) is 6.61 Å². The first-order valence-electron chi connectivity index (χ1n) is 5.75. The third kappa shape index (κ3) is 3.91. The summed E-state index contributed by atoms with van der Waals surface area (Å²) in [6, 6.07) is 20.5. The molecule has 1 atom stereocenters. The van der Waals surface area contributed by atoms with E-state index in [-0.39, 0.29) is 11.9 Å². The molecule has 88 valence electrons. The van der Waals surface area contributed by atoms with Crippen molar-refractivity contribution in [2.45, 2.75) is 16.6 Å². The predicted octanol–water partition coefficient (Wildman–Crippen LogP) is 3.38. The van der Waals surface area contributed by atoms with E-state index in [1.165, 1.54) is 10.5 Å². The van der Waals surface area contributed by atoms with Crippen LogP contribution in [-0.2, 0) is 6.42 Å². The van der Waals surface area contributed by atoms with Gasteiger partial charge in [-0.2, -0.15) is 0 Å². The van der Waals surface area contributed by atoms with Crippen LogP contribution in [-0.4, -0.2) is 17.0 Å². The second kappa shape index (κ2) is 6.48. The Kier molecular flexibility index (Phi) is 4.65. The van der Waals surface area contributed by atoms with Gasteiger partial charge < -0.3 is 5.11 Å². The third-order valence-electron chi connectivity index (χ3n) is 2.56. The maximum Gasteiger partial charge on any atom is 0.0556 e. The smallest absolute Gasteiger partial charge is 0.0556 e. The molecule has 1 unspecified atom stereocenters. The minimum Gasteiger partial charge on any atom is -0.395 e. The Morgan fingerprint density at radius 3 is 2.06 bits per heavy atom. The Bertz CT molecular complexity index is 386. The molecule has 2 aromatic rings. The van der Waals surface area contributed by atoms with Gasteiger partial charge in [-0.05, 0) is 24.1 Å². The summed E-state index contributed by atoms with van der Waals surface area (Å²) in [7, 11) is 0. The zero-order chi connectivity index (χ0) is 11.9. The number of thioether (sulfide) groups is 1. The minimum atomic E-state index is 0.203. The van der Waals surface area contributed by atoms with Crippen molar-refractivity contribution in [3.63, 3.8) is 0 Å². The first-order chi connectivity index (χ1) is 8.38. The van der Waals surface area contributed by atoms with E-state index in [4.69, 9.17) is 0 Å². The van der Waals surface area contributed by atoms with Gasteiger partial charge in [0.15, 0.2) is 0 Å². The Hall–Kier alpha value is -1.25. The zero-order valence-electron chi connectivity index (χ0n) is 9.62. The van der Waals surface area contributed by atoms with Gasteiger partial charge in [0.25, 0.3) is 0 Å². The van der Waals surface area contributed by atoms with Gasteiger partial charge in [0.1, 0.15) is 0 Å². The molecule has 0 aliphatic heterocycles. The molecule has 0 aliphatic carbocycles. The van der Waals surface area contributed by atoms with E-state index >= 15 is 0 Å². The fourth-order valence-electron chi connectivity index (χ4n) is 1.71. The summed E-state index contributed by atoms with van der Waals surface area (Å²) in [5.41, 5.74) is 1.27. The molecular weight excluding hydrogens is 228 g/mol. The van der Waals surface area contributed by atoms with Gasteiger partial charge in [0.2, 0.25) is 0 Å². The molecule has 2 rings (SSSR count). The monoisotopic (exact) mass is 244 g/mol. The lowest BCUT2D eigenvalue weighted by molar-refractivity contribution is 0.294. The van der Waals surface area contributed by atoms with E-state index in [1.54, 1.807) is 11.8 Å². The molecule has 2 aromatic carbocycles. The van der Waals surface area contributed by atoms with Crippen molar-refractivity contribution < 1.29 is 5.11 Å². The number of aliphatic hydroxyl groups is 1. The van der Waals surface area contributed by atoms with Crippen LogP contribution in [0.1, 0.15) is 5.56 Å². The predicted molar refractivity (Wildman–Crippen MR) is 73.3 cm³/mol. The third-order valence-corrected chi connectivity index (χ3v) is 3.75. The van der Waals surface area contributed by atoms with Crippen LogP contribution in [0.5, 0.6) is 0 Å². The second-order valence-corrected chi connectivity index (χ2v) is 5.30. The summed E-state index contributed by atoms with van der Waals surface area (Å²) in [4.78, 5) is 1.21. The van der Waals surface area contributed by atoms with E-state index in [1.807, 2.05) is 36.4 Å². The Morgan fingerprint density at radius 1 is 0.882 bits per heavy atom. The van der Waals surface area contributed by atoms with Crippen LogP contribution >= 0.6 is 11.8 Å². The minimum absolute atomic E-state index is 0.203. The van der Waals surface area contributed by atoms with Crippen LogP contribution < -0.4 is 0 Å². The molecule has 2 heteroatoms. The molecule has 0 heterocycles. The topological polar surface area (TPSA) is 20.2 Å². The van der Waals surface area contributed by atoms with Crippen LogP contribution in [0.2, 0.25) is 0 Å². The summed E-state index contributed by atoms with van der Waals surface area (Å²) < 4.78 is 0. The average Bonchev–Trinajstić information content (AvgIpc) is 2.40. The lowest BCUT2D eigenvalue weighted by Gasteiger charge is -2.13. The number of hydrogen-bond donors (Lipinski definition) is 1. The van der Waals surface area contributed by atoms with Crippen molar-refractivity contribution in [1.29, 1.82) is 0 Å². The van der Waals surface area contributed by atoms with Gasteiger partial charge >= 0.3 is 0 Å². The summed E-state index contributed by atoms with van der Waals surface area (Å²) in [6.07, 6.45) is 0.900. The van der Waals surface area contributed by atoms with E-state index in [0.29, 0.717) is 0 Å². The molecule has 0 saturated heterocycles. The Morgan fingerprint density at radius 2 is 1.47 bits per heavy atom. The highest BCUT2D eigenvalue weighted by molar-refractivity contribution is 8.00. The van der Waals surface area contributed by atoms with E-state index < -0.39 is 0 Å². The summed E-state index contributed by atoms with van der Waals surface area (Å²) in [5.74, 6) is 0. The van der Waals surface area contributed by atoms with Gasteiger partial charge in [-0.25, -0.2) is 0 Å². The normalized spacial score (nSPS) is 12.3. The highest BCUT2D eigenvalue weighted by Gasteiger charge is 2.09. The highest BCUT2D eigenvalue weighted by atomic mass is 32.2.